The fourth-order valence-corrected chi connectivity index (χ4v) is 3.16. The summed E-state index contributed by atoms with van der Waals surface area (Å²) in [6.07, 6.45) is 8.09. The van der Waals surface area contributed by atoms with Gasteiger partial charge in [-0.3, -0.25) is 9.78 Å². The molecule has 1 aromatic heterocycles. The molecule has 2 rings (SSSR count). The van der Waals surface area contributed by atoms with Crippen molar-refractivity contribution in [1.82, 2.24) is 9.97 Å². The van der Waals surface area contributed by atoms with Crippen LogP contribution in [0.1, 0.15) is 46.0 Å². The molecule has 4 nitrogen and oxygen atoms in total. The normalized spacial score (nSPS) is 17.7. The monoisotopic (exact) mass is 281 g/mol. The topological polar surface area (TPSA) is 54.9 Å². The summed E-state index contributed by atoms with van der Waals surface area (Å²) in [4.78, 5) is 20.6. The largest absolute Gasteiger partial charge is 0.309 e. The van der Waals surface area contributed by atoms with E-state index in [0.717, 1.165) is 32.1 Å². The highest BCUT2D eigenvalue weighted by atomic mass is 35.5. The number of halogens is 1. The van der Waals surface area contributed by atoms with Crippen LogP contribution < -0.4 is 5.32 Å². The summed E-state index contributed by atoms with van der Waals surface area (Å²) in [5, 5.41) is 3.17. The van der Waals surface area contributed by atoms with Gasteiger partial charge in [0, 0.05) is 5.41 Å². The summed E-state index contributed by atoms with van der Waals surface area (Å²) < 4.78 is 0. The number of hydrogen-bond acceptors (Lipinski definition) is 3. The van der Waals surface area contributed by atoms with Crippen molar-refractivity contribution in [1.29, 1.82) is 0 Å². The molecule has 1 saturated carbocycles. The number of nitrogens with one attached hydrogen (secondary N) is 1. The number of nitrogens with zero attached hydrogens (tertiary/aromatic N) is 2. The molecule has 104 valence electrons. The first-order valence-electron chi connectivity index (χ1n) is 6.81. The number of anilines is 1. The van der Waals surface area contributed by atoms with Gasteiger partial charge in [0.15, 0.2) is 5.82 Å². The van der Waals surface area contributed by atoms with E-state index in [1.165, 1.54) is 12.4 Å². The second-order valence-corrected chi connectivity index (χ2v) is 6.15. The van der Waals surface area contributed by atoms with E-state index in [2.05, 4.69) is 29.1 Å². The standard InChI is InChI=1S/C14H20ClN3O/c1-10(2)7-14(5-3-4-6-14)13(19)18-12-9-16-8-11(15)17-12/h8-10H,3-7H2,1-2H3,(H,17,18,19). The molecule has 19 heavy (non-hydrogen) atoms. The lowest BCUT2D eigenvalue weighted by Crippen LogP contribution is -2.35. The van der Waals surface area contributed by atoms with Crippen LogP contribution in [-0.2, 0) is 4.79 Å². The molecule has 1 aliphatic carbocycles. The Balaban J connectivity index is 2.12. The third kappa shape index (κ3) is 3.44. The second-order valence-electron chi connectivity index (χ2n) is 5.77. The zero-order valence-electron chi connectivity index (χ0n) is 11.4. The summed E-state index contributed by atoms with van der Waals surface area (Å²) in [5.74, 6) is 1.01. The Morgan fingerprint density at radius 2 is 2.11 bits per heavy atom. The van der Waals surface area contributed by atoms with E-state index >= 15 is 0 Å². The molecule has 0 radical (unpaired) electrons. The maximum Gasteiger partial charge on any atom is 0.231 e. The van der Waals surface area contributed by atoms with Crippen LogP contribution in [0.5, 0.6) is 0 Å². The highest BCUT2D eigenvalue weighted by molar-refractivity contribution is 6.29. The summed E-state index contributed by atoms with van der Waals surface area (Å²) in [7, 11) is 0. The Kier molecular flexibility index (Phi) is 4.40. The van der Waals surface area contributed by atoms with E-state index in [1.807, 2.05) is 0 Å². The number of hydrogen-bond donors (Lipinski definition) is 1. The van der Waals surface area contributed by atoms with Crippen LogP contribution in [0.4, 0.5) is 5.82 Å². The van der Waals surface area contributed by atoms with Crippen LogP contribution in [0.15, 0.2) is 12.4 Å². The highest BCUT2D eigenvalue weighted by Crippen LogP contribution is 2.43. The molecule has 1 amide bonds. The summed E-state index contributed by atoms with van der Waals surface area (Å²) in [6.45, 7) is 4.32. The van der Waals surface area contributed by atoms with Gasteiger partial charge in [0.25, 0.3) is 0 Å². The van der Waals surface area contributed by atoms with Gasteiger partial charge in [-0.25, -0.2) is 4.98 Å². The van der Waals surface area contributed by atoms with Gasteiger partial charge < -0.3 is 5.32 Å². The molecule has 1 fully saturated rings. The molecular weight excluding hydrogens is 262 g/mol. The summed E-state index contributed by atoms with van der Waals surface area (Å²) in [6, 6.07) is 0. The van der Waals surface area contributed by atoms with Crippen LogP contribution in [0.2, 0.25) is 5.15 Å². The fourth-order valence-electron chi connectivity index (χ4n) is 3.01. The molecule has 1 aromatic rings. The number of rotatable bonds is 4. The van der Waals surface area contributed by atoms with Crippen LogP contribution >= 0.6 is 11.6 Å². The number of aromatic nitrogens is 2. The van der Waals surface area contributed by atoms with E-state index in [0.29, 0.717) is 16.9 Å². The lowest BCUT2D eigenvalue weighted by molar-refractivity contribution is -0.126. The molecule has 1 heterocycles. The Bertz CT molecular complexity index is 456. The van der Waals surface area contributed by atoms with Crippen LogP contribution in [0.3, 0.4) is 0 Å². The van der Waals surface area contributed by atoms with E-state index < -0.39 is 0 Å². The Morgan fingerprint density at radius 1 is 1.42 bits per heavy atom. The minimum absolute atomic E-state index is 0.0651. The van der Waals surface area contributed by atoms with Crippen LogP contribution in [0.25, 0.3) is 0 Å². The Labute approximate surface area is 119 Å². The van der Waals surface area contributed by atoms with Crippen molar-refractivity contribution in [3.8, 4) is 0 Å². The number of carbonyl (C=O) groups excluding carboxylic acids is 1. The SMILES string of the molecule is CC(C)CC1(C(=O)Nc2cncc(Cl)n2)CCCC1. The Hall–Kier alpha value is -1.16. The van der Waals surface area contributed by atoms with Gasteiger partial charge in [0.2, 0.25) is 5.91 Å². The third-order valence-electron chi connectivity index (χ3n) is 3.69. The van der Waals surface area contributed by atoms with Gasteiger partial charge in [0.05, 0.1) is 12.4 Å². The first-order chi connectivity index (χ1) is 9.02. The third-order valence-corrected chi connectivity index (χ3v) is 3.87. The summed E-state index contributed by atoms with van der Waals surface area (Å²) >= 11 is 5.78. The van der Waals surface area contributed by atoms with Gasteiger partial charge in [0.1, 0.15) is 5.15 Å². The zero-order chi connectivity index (χ0) is 13.9. The van der Waals surface area contributed by atoms with E-state index in [4.69, 9.17) is 11.6 Å². The van der Waals surface area contributed by atoms with Crippen molar-refractivity contribution >= 4 is 23.3 Å². The maximum absolute atomic E-state index is 12.6. The van der Waals surface area contributed by atoms with Crippen molar-refractivity contribution in [3.63, 3.8) is 0 Å². The molecule has 0 atom stereocenters. The van der Waals surface area contributed by atoms with E-state index in [9.17, 15) is 4.79 Å². The first kappa shape index (κ1) is 14.3. The number of amides is 1. The minimum Gasteiger partial charge on any atom is -0.309 e. The lowest BCUT2D eigenvalue weighted by Gasteiger charge is -2.29. The average molecular weight is 282 g/mol. The van der Waals surface area contributed by atoms with Crippen LogP contribution in [-0.4, -0.2) is 15.9 Å². The highest BCUT2D eigenvalue weighted by Gasteiger charge is 2.41. The molecule has 0 bridgehead atoms. The molecular formula is C14H20ClN3O. The fraction of sp³-hybridized carbons (Fsp3) is 0.643. The lowest BCUT2D eigenvalue weighted by atomic mass is 9.77. The smallest absolute Gasteiger partial charge is 0.231 e. The van der Waals surface area contributed by atoms with Crippen molar-refractivity contribution in [3.05, 3.63) is 17.5 Å². The Morgan fingerprint density at radius 3 is 2.68 bits per heavy atom. The number of carbonyl (C=O) groups is 1. The minimum atomic E-state index is -0.238. The molecule has 1 N–H and O–H groups in total. The van der Waals surface area contributed by atoms with Crippen molar-refractivity contribution in [2.24, 2.45) is 11.3 Å². The molecule has 0 aliphatic heterocycles. The van der Waals surface area contributed by atoms with Crippen molar-refractivity contribution in [2.45, 2.75) is 46.0 Å². The quantitative estimate of drug-likeness (QED) is 0.916. The predicted octanol–water partition coefficient (Wildman–Crippen LogP) is 3.68. The molecule has 0 saturated heterocycles. The van der Waals surface area contributed by atoms with Crippen LogP contribution in [0, 0.1) is 11.3 Å². The first-order valence-corrected chi connectivity index (χ1v) is 7.19. The van der Waals surface area contributed by atoms with Gasteiger partial charge >= 0.3 is 0 Å². The average Bonchev–Trinajstić information content (AvgIpc) is 2.78. The zero-order valence-corrected chi connectivity index (χ0v) is 12.2. The second kappa shape index (κ2) is 5.87. The van der Waals surface area contributed by atoms with Crippen molar-refractivity contribution in [2.75, 3.05) is 5.32 Å². The molecule has 0 unspecified atom stereocenters. The predicted molar refractivity (Wildman–Crippen MR) is 76.0 cm³/mol. The molecule has 5 heteroatoms. The summed E-state index contributed by atoms with van der Waals surface area (Å²) in [5.41, 5.74) is -0.238. The maximum atomic E-state index is 12.6. The van der Waals surface area contributed by atoms with Gasteiger partial charge in [-0.15, -0.1) is 0 Å². The van der Waals surface area contributed by atoms with E-state index in [-0.39, 0.29) is 11.3 Å². The van der Waals surface area contributed by atoms with E-state index in [1.54, 1.807) is 0 Å². The van der Waals surface area contributed by atoms with Gasteiger partial charge in [-0.05, 0) is 25.2 Å². The van der Waals surface area contributed by atoms with Gasteiger partial charge in [-0.2, -0.15) is 0 Å². The van der Waals surface area contributed by atoms with Crippen molar-refractivity contribution < 1.29 is 4.79 Å². The molecule has 1 aliphatic rings. The van der Waals surface area contributed by atoms with Gasteiger partial charge in [-0.1, -0.05) is 38.3 Å². The molecule has 0 spiro atoms. The molecule has 0 aromatic carbocycles.